The molecular formula is C19H17ClN4O2S. The lowest BCUT2D eigenvalue weighted by Gasteiger charge is -2.06. The van der Waals surface area contributed by atoms with E-state index in [2.05, 4.69) is 20.9 Å². The van der Waals surface area contributed by atoms with Crippen LogP contribution < -0.4 is 16.0 Å². The van der Waals surface area contributed by atoms with Gasteiger partial charge in [-0.15, -0.1) is 0 Å². The smallest absolute Gasteiger partial charge is 0.321 e. The third-order valence-corrected chi connectivity index (χ3v) is 5.16. The second-order valence-corrected chi connectivity index (χ2v) is 7.20. The standard InChI is InChI=1S/C19H17ClN4O2S/c1-11-8-9-14(10-15(11)20)22-17(25)16-12(2)21-19(27-16)24-18(26)23-13-6-4-3-5-7-13/h3-10H,1-2H3,(H,22,25)(H2,21,23,24,26). The summed E-state index contributed by atoms with van der Waals surface area (Å²) in [4.78, 5) is 29.2. The summed E-state index contributed by atoms with van der Waals surface area (Å²) in [6, 6.07) is 13.9. The van der Waals surface area contributed by atoms with Crippen molar-refractivity contribution in [3.63, 3.8) is 0 Å². The number of nitrogens with one attached hydrogen (secondary N) is 3. The first-order chi connectivity index (χ1) is 12.9. The summed E-state index contributed by atoms with van der Waals surface area (Å²) in [5, 5.41) is 9.05. The van der Waals surface area contributed by atoms with Crippen LogP contribution in [0.15, 0.2) is 48.5 Å². The normalized spacial score (nSPS) is 10.3. The molecule has 1 aromatic heterocycles. The largest absolute Gasteiger partial charge is 0.325 e. The van der Waals surface area contributed by atoms with Crippen molar-refractivity contribution in [2.45, 2.75) is 13.8 Å². The summed E-state index contributed by atoms with van der Waals surface area (Å²) in [5.41, 5.74) is 2.72. The van der Waals surface area contributed by atoms with E-state index >= 15 is 0 Å². The van der Waals surface area contributed by atoms with Crippen molar-refractivity contribution in [1.82, 2.24) is 4.98 Å². The van der Waals surface area contributed by atoms with E-state index in [4.69, 9.17) is 11.6 Å². The van der Waals surface area contributed by atoms with E-state index in [-0.39, 0.29) is 5.91 Å². The van der Waals surface area contributed by atoms with Crippen molar-refractivity contribution in [2.24, 2.45) is 0 Å². The molecule has 3 rings (SSSR count). The van der Waals surface area contributed by atoms with Crippen LogP contribution in [0.25, 0.3) is 0 Å². The van der Waals surface area contributed by atoms with E-state index in [9.17, 15) is 9.59 Å². The highest BCUT2D eigenvalue weighted by Gasteiger charge is 2.17. The molecule has 0 saturated carbocycles. The fourth-order valence-electron chi connectivity index (χ4n) is 2.30. The van der Waals surface area contributed by atoms with Gasteiger partial charge < -0.3 is 10.6 Å². The monoisotopic (exact) mass is 400 g/mol. The Labute approximate surface area is 165 Å². The number of amides is 3. The van der Waals surface area contributed by atoms with Gasteiger partial charge in [0.05, 0.1) is 5.69 Å². The SMILES string of the molecule is Cc1ccc(NC(=O)c2sc(NC(=O)Nc3ccccc3)nc2C)cc1Cl. The first-order valence-corrected chi connectivity index (χ1v) is 9.30. The molecule has 0 saturated heterocycles. The number of benzene rings is 2. The topological polar surface area (TPSA) is 83.1 Å². The van der Waals surface area contributed by atoms with Gasteiger partial charge in [-0.3, -0.25) is 10.1 Å². The minimum Gasteiger partial charge on any atom is -0.321 e. The Morgan fingerprint density at radius 2 is 1.70 bits per heavy atom. The number of aryl methyl sites for hydroxylation is 2. The van der Waals surface area contributed by atoms with Crippen molar-refractivity contribution in [1.29, 1.82) is 0 Å². The summed E-state index contributed by atoms with van der Waals surface area (Å²) in [6.45, 7) is 3.60. The average molecular weight is 401 g/mol. The molecule has 0 spiro atoms. The van der Waals surface area contributed by atoms with E-state index in [1.807, 2.05) is 31.2 Å². The lowest BCUT2D eigenvalue weighted by atomic mass is 10.2. The number of urea groups is 1. The number of carbonyl (C=O) groups is 2. The maximum absolute atomic E-state index is 12.5. The number of rotatable bonds is 4. The number of carbonyl (C=O) groups excluding carboxylic acids is 2. The van der Waals surface area contributed by atoms with Crippen molar-refractivity contribution < 1.29 is 9.59 Å². The maximum Gasteiger partial charge on any atom is 0.325 e. The summed E-state index contributed by atoms with van der Waals surface area (Å²) in [6.07, 6.45) is 0. The molecule has 27 heavy (non-hydrogen) atoms. The van der Waals surface area contributed by atoms with Crippen molar-refractivity contribution in [2.75, 3.05) is 16.0 Å². The first kappa shape index (κ1) is 18.9. The Bertz CT molecular complexity index is 989. The highest BCUT2D eigenvalue weighted by molar-refractivity contribution is 7.17. The molecule has 0 fully saturated rings. The van der Waals surface area contributed by atoms with Crippen LogP contribution in [0.4, 0.5) is 21.3 Å². The molecule has 3 N–H and O–H groups in total. The van der Waals surface area contributed by atoms with Crippen molar-refractivity contribution >= 4 is 51.4 Å². The quantitative estimate of drug-likeness (QED) is 0.555. The van der Waals surface area contributed by atoms with E-state index in [0.29, 0.717) is 32.1 Å². The summed E-state index contributed by atoms with van der Waals surface area (Å²) >= 11 is 7.19. The molecule has 0 aliphatic rings. The number of hydrogen-bond acceptors (Lipinski definition) is 4. The zero-order valence-electron chi connectivity index (χ0n) is 14.7. The molecule has 3 amide bonds. The number of anilines is 3. The van der Waals surface area contributed by atoms with Crippen LogP contribution in [0, 0.1) is 13.8 Å². The zero-order valence-corrected chi connectivity index (χ0v) is 16.2. The van der Waals surface area contributed by atoms with Gasteiger partial charge in [-0.25, -0.2) is 9.78 Å². The molecule has 0 aliphatic heterocycles. The number of hydrogen-bond donors (Lipinski definition) is 3. The summed E-state index contributed by atoms with van der Waals surface area (Å²) < 4.78 is 0. The van der Waals surface area contributed by atoms with Crippen LogP contribution in [0.1, 0.15) is 20.9 Å². The lowest BCUT2D eigenvalue weighted by Crippen LogP contribution is -2.19. The van der Waals surface area contributed by atoms with Crippen LogP contribution in [0.3, 0.4) is 0 Å². The van der Waals surface area contributed by atoms with E-state index in [1.165, 1.54) is 0 Å². The van der Waals surface area contributed by atoms with Gasteiger partial charge in [0, 0.05) is 16.4 Å². The molecule has 6 nitrogen and oxygen atoms in total. The fraction of sp³-hybridized carbons (Fsp3) is 0.105. The molecule has 0 bridgehead atoms. The third kappa shape index (κ3) is 4.84. The molecule has 8 heteroatoms. The molecule has 1 heterocycles. The Hall–Kier alpha value is -2.90. The third-order valence-electron chi connectivity index (χ3n) is 3.68. The van der Waals surface area contributed by atoms with Gasteiger partial charge in [-0.2, -0.15) is 0 Å². The predicted octanol–water partition coefficient (Wildman–Crippen LogP) is 5.31. The number of nitrogens with zero attached hydrogens (tertiary/aromatic N) is 1. The van der Waals surface area contributed by atoms with Gasteiger partial charge in [0.1, 0.15) is 4.88 Å². The highest BCUT2D eigenvalue weighted by Crippen LogP contribution is 2.25. The molecule has 0 unspecified atom stereocenters. The summed E-state index contributed by atoms with van der Waals surface area (Å²) in [7, 11) is 0. The summed E-state index contributed by atoms with van der Waals surface area (Å²) in [5.74, 6) is -0.304. The van der Waals surface area contributed by atoms with E-state index in [1.54, 1.807) is 31.2 Å². The molecule has 0 atom stereocenters. The van der Waals surface area contributed by atoms with Gasteiger partial charge in [0.2, 0.25) is 0 Å². The first-order valence-electron chi connectivity index (χ1n) is 8.10. The molecule has 138 valence electrons. The molecule has 0 radical (unpaired) electrons. The van der Waals surface area contributed by atoms with Crippen LogP contribution in [-0.4, -0.2) is 16.9 Å². The number of halogens is 1. The van der Waals surface area contributed by atoms with Gasteiger partial charge in [-0.05, 0) is 43.7 Å². The minimum absolute atomic E-state index is 0.304. The van der Waals surface area contributed by atoms with Crippen LogP contribution in [0.2, 0.25) is 5.02 Å². The second-order valence-electron chi connectivity index (χ2n) is 5.80. The second kappa shape index (κ2) is 8.20. The Kier molecular flexibility index (Phi) is 5.73. The molecule has 0 aliphatic carbocycles. The molecule has 2 aromatic carbocycles. The Morgan fingerprint density at radius 1 is 0.963 bits per heavy atom. The predicted molar refractivity (Wildman–Crippen MR) is 110 cm³/mol. The van der Waals surface area contributed by atoms with Gasteiger partial charge in [-0.1, -0.05) is 47.2 Å². The van der Waals surface area contributed by atoms with Gasteiger partial charge in [0.25, 0.3) is 5.91 Å². The molecule has 3 aromatic rings. The maximum atomic E-state index is 12.5. The zero-order chi connectivity index (χ0) is 19.4. The minimum atomic E-state index is -0.424. The lowest BCUT2D eigenvalue weighted by molar-refractivity contribution is 0.103. The Morgan fingerprint density at radius 3 is 2.41 bits per heavy atom. The van der Waals surface area contributed by atoms with Crippen LogP contribution >= 0.6 is 22.9 Å². The van der Waals surface area contributed by atoms with E-state index in [0.717, 1.165) is 16.9 Å². The van der Waals surface area contributed by atoms with Crippen LogP contribution in [-0.2, 0) is 0 Å². The van der Waals surface area contributed by atoms with Gasteiger partial charge in [0.15, 0.2) is 5.13 Å². The Balaban J connectivity index is 1.67. The average Bonchev–Trinajstić information content (AvgIpc) is 2.99. The number of thiazole rings is 1. The number of para-hydroxylation sites is 1. The van der Waals surface area contributed by atoms with E-state index < -0.39 is 6.03 Å². The van der Waals surface area contributed by atoms with Crippen molar-refractivity contribution in [3.05, 3.63) is 69.7 Å². The highest BCUT2D eigenvalue weighted by atomic mass is 35.5. The fourth-order valence-corrected chi connectivity index (χ4v) is 3.34. The van der Waals surface area contributed by atoms with Crippen molar-refractivity contribution in [3.8, 4) is 0 Å². The van der Waals surface area contributed by atoms with Gasteiger partial charge >= 0.3 is 6.03 Å². The number of aromatic nitrogens is 1. The van der Waals surface area contributed by atoms with Crippen LogP contribution in [0.5, 0.6) is 0 Å². The molecular weight excluding hydrogens is 384 g/mol.